The number of nitrogens with zero attached hydrogens (tertiary/aromatic N) is 2. The smallest absolute Gasteiger partial charge is 0.254 e. The Morgan fingerprint density at radius 1 is 1.29 bits per heavy atom. The maximum absolute atomic E-state index is 11.5. The molecule has 1 aliphatic carbocycles. The Hall–Kier alpha value is -2.63. The van der Waals surface area contributed by atoms with Crippen LogP contribution in [0.25, 0.3) is 0 Å². The fraction of sp³-hybridized carbons (Fsp3) is 0.389. The number of aromatic nitrogens is 2. The van der Waals surface area contributed by atoms with E-state index in [9.17, 15) is 4.79 Å². The quantitative estimate of drug-likeness (QED) is 0.785. The van der Waals surface area contributed by atoms with Crippen LogP contribution in [0, 0.1) is 0 Å². The van der Waals surface area contributed by atoms with Crippen LogP contribution < -0.4 is 16.4 Å². The molecule has 0 aliphatic heterocycles. The molecule has 0 unspecified atom stereocenters. The molecular formula is C18H23N5O. The van der Waals surface area contributed by atoms with E-state index in [1.54, 1.807) is 0 Å². The summed E-state index contributed by atoms with van der Waals surface area (Å²) >= 11 is 0. The van der Waals surface area contributed by atoms with Crippen molar-refractivity contribution in [3.8, 4) is 0 Å². The number of nitrogens with two attached hydrogens (primary N) is 1. The molecule has 0 radical (unpaired) electrons. The third-order valence-electron chi connectivity index (χ3n) is 4.16. The van der Waals surface area contributed by atoms with Crippen molar-refractivity contribution < 1.29 is 4.79 Å². The molecule has 2 aromatic rings. The Morgan fingerprint density at radius 2 is 2.04 bits per heavy atom. The number of carbonyl (C=O) groups excluding carboxylic acids is 1. The van der Waals surface area contributed by atoms with Crippen LogP contribution in [0.3, 0.4) is 0 Å². The third-order valence-corrected chi connectivity index (χ3v) is 4.16. The summed E-state index contributed by atoms with van der Waals surface area (Å²) in [5.41, 5.74) is 8.50. The van der Waals surface area contributed by atoms with E-state index in [0.29, 0.717) is 17.3 Å². The molecule has 0 fully saturated rings. The molecule has 24 heavy (non-hydrogen) atoms. The van der Waals surface area contributed by atoms with E-state index in [2.05, 4.69) is 44.9 Å². The van der Waals surface area contributed by atoms with Crippen LogP contribution in [0.1, 0.15) is 41.8 Å². The average Bonchev–Trinajstić information content (AvgIpc) is 2.54. The van der Waals surface area contributed by atoms with E-state index < -0.39 is 5.91 Å². The second-order valence-electron chi connectivity index (χ2n) is 6.47. The number of nitrogens with one attached hydrogen (secondary N) is 2. The zero-order valence-electron chi connectivity index (χ0n) is 14.0. The molecule has 0 saturated carbocycles. The number of rotatable bonds is 5. The van der Waals surface area contributed by atoms with Gasteiger partial charge in [0.25, 0.3) is 5.91 Å². The number of amides is 1. The largest absolute Gasteiger partial charge is 0.367 e. The molecule has 0 bridgehead atoms. The van der Waals surface area contributed by atoms with Gasteiger partial charge in [-0.1, -0.05) is 24.3 Å². The van der Waals surface area contributed by atoms with Crippen LogP contribution in [-0.2, 0) is 12.8 Å². The minimum Gasteiger partial charge on any atom is -0.367 e. The van der Waals surface area contributed by atoms with Crippen LogP contribution >= 0.6 is 0 Å². The second kappa shape index (κ2) is 6.86. The van der Waals surface area contributed by atoms with Crippen LogP contribution in [0.4, 0.5) is 11.8 Å². The summed E-state index contributed by atoms with van der Waals surface area (Å²) in [6.45, 7) is 3.97. The van der Waals surface area contributed by atoms with E-state index >= 15 is 0 Å². The molecular weight excluding hydrogens is 302 g/mol. The van der Waals surface area contributed by atoms with Crippen LogP contribution in [-0.4, -0.2) is 28.0 Å². The van der Waals surface area contributed by atoms with E-state index in [1.807, 2.05) is 13.8 Å². The van der Waals surface area contributed by atoms with Gasteiger partial charge in [-0.25, -0.2) is 4.98 Å². The van der Waals surface area contributed by atoms with Crippen LogP contribution in [0.2, 0.25) is 0 Å². The number of aryl methyl sites for hydroxylation is 1. The lowest BCUT2D eigenvalue weighted by molar-refractivity contribution is 0.100. The third kappa shape index (κ3) is 3.64. The summed E-state index contributed by atoms with van der Waals surface area (Å²) in [6, 6.07) is 8.95. The van der Waals surface area contributed by atoms with Crippen molar-refractivity contribution >= 4 is 17.7 Å². The van der Waals surface area contributed by atoms with Crippen molar-refractivity contribution in [1.82, 2.24) is 9.97 Å². The molecule has 0 saturated heterocycles. The lowest BCUT2D eigenvalue weighted by Gasteiger charge is -2.25. The topological polar surface area (TPSA) is 92.9 Å². The monoisotopic (exact) mass is 325 g/mol. The van der Waals surface area contributed by atoms with E-state index in [-0.39, 0.29) is 12.1 Å². The number of anilines is 2. The van der Waals surface area contributed by atoms with Gasteiger partial charge in [0.2, 0.25) is 5.95 Å². The first-order valence-corrected chi connectivity index (χ1v) is 8.29. The number of benzene rings is 1. The highest BCUT2D eigenvalue weighted by molar-refractivity contribution is 5.97. The fourth-order valence-electron chi connectivity index (χ4n) is 3.02. The van der Waals surface area contributed by atoms with Crippen molar-refractivity contribution in [2.45, 2.75) is 45.2 Å². The number of carbonyl (C=O) groups is 1. The first-order valence-electron chi connectivity index (χ1n) is 8.29. The summed E-state index contributed by atoms with van der Waals surface area (Å²) in [6.07, 6.45) is 4.51. The van der Waals surface area contributed by atoms with Gasteiger partial charge in [0.15, 0.2) is 0 Å². The van der Waals surface area contributed by atoms with Crippen molar-refractivity contribution in [3.05, 3.63) is 47.2 Å². The maximum atomic E-state index is 11.5. The molecule has 1 amide bonds. The Balaban J connectivity index is 1.77. The Kier molecular flexibility index (Phi) is 4.64. The number of fused-ring (bicyclic) bond motifs is 1. The van der Waals surface area contributed by atoms with Gasteiger partial charge >= 0.3 is 0 Å². The van der Waals surface area contributed by atoms with Crippen molar-refractivity contribution in [1.29, 1.82) is 0 Å². The number of hydrogen-bond donors (Lipinski definition) is 3. The molecule has 1 aliphatic rings. The van der Waals surface area contributed by atoms with Gasteiger partial charge in [-0.05, 0) is 44.2 Å². The molecule has 1 aromatic heterocycles. The molecule has 6 nitrogen and oxygen atoms in total. The zero-order chi connectivity index (χ0) is 17.1. The molecule has 4 N–H and O–H groups in total. The van der Waals surface area contributed by atoms with Gasteiger partial charge in [-0.15, -0.1) is 0 Å². The predicted octanol–water partition coefficient (Wildman–Crippen LogP) is 2.37. The summed E-state index contributed by atoms with van der Waals surface area (Å²) in [7, 11) is 0. The Morgan fingerprint density at radius 3 is 2.75 bits per heavy atom. The SMILES string of the molecule is CC(C)Nc1nc(N[C@H]2CCc3ccccc3C2)ncc1C(N)=O. The van der Waals surface area contributed by atoms with Gasteiger partial charge in [0.05, 0.1) is 5.56 Å². The molecule has 126 valence electrons. The van der Waals surface area contributed by atoms with E-state index in [1.165, 1.54) is 17.3 Å². The highest BCUT2D eigenvalue weighted by Gasteiger charge is 2.20. The standard InChI is InChI=1S/C18H23N5O/c1-11(2)21-17-15(16(19)24)10-20-18(23-17)22-14-8-7-12-5-3-4-6-13(12)9-14/h3-6,10-11,14H,7-9H2,1-2H3,(H2,19,24)(H2,20,21,22,23)/t14-/m0/s1. The van der Waals surface area contributed by atoms with E-state index in [0.717, 1.165) is 19.3 Å². The molecule has 1 heterocycles. The molecule has 1 atom stereocenters. The Labute approximate surface area is 141 Å². The van der Waals surface area contributed by atoms with Crippen molar-refractivity contribution in [3.63, 3.8) is 0 Å². The first-order chi connectivity index (χ1) is 11.5. The van der Waals surface area contributed by atoms with Crippen LogP contribution in [0.5, 0.6) is 0 Å². The number of primary amides is 1. The second-order valence-corrected chi connectivity index (χ2v) is 6.47. The van der Waals surface area contributed by atoms with Crippen LogP contribution in [0.15, 0.2) is 30.5 Å². The lowest BCUT2D eigenvalue weighted by Crippen LogP contribution is -2.29. The Bertz CT molecular complexity index is 744. The summed E-state index contributed by atoms with van der Waals surface area (Å²) in [5, 5.41) is 6.54. The van der Waals surface area contributed by atoms with Gasteiger partial charge in [0.1, 0.15) is 5.82 Å². The normalized spacial score (nSPS) is 16.5. The van der Waals surface area contributed by atoms with Gasteiger partial charge in [-0.2, -0.15) is 4.98 Å². The zero-order valence-corrected chi connectivity index (χ0v) is 14.0. The minimum atomic E-state index is -0.531. The van der Waals surface area contributed by atoms with Gasteiger partial charge in [0, 0.05) is 18.3 Å². The molecule has 1 aromatic carbocycles. The van der Waals surface area contributed by atoms with E-state index in [4.69, 9.17) is 5.73 Å². The summed E-state index contributed by atoms with van der Waals surface area (Å²) < 4.78 is 0. The predicted molar refractivity (Wildman–Crippen MR) is 95.2 cm³/mol. The van der Waals surface area contributed by atoms with Gasteiger partial charge in [-0.3, -0.25) is 4.79 Å². The van der Waals surface area contributed by atoms with Crippen molar-refractivity contribution in [2.24, 2.45) is 5.73 Å². The average molecular weight is 325 g/mol. The molecule has 0 spiro atoms. The lowest BCUT2D eigenvalue weighted by atomic mass is 9.88. The summed E-state index contributed by atoms with van der Waals surface area (Å²) in [5.74, 6) is 0.468. The minimum absolute atomic E-state index is 0.146. The molecule has 3 rings (SSSR count). The first kappa shape index (κ1) is 16.2. The highest BCUT2D eigenvalue weighted by Crippen LogP contribution is 2.23. The number of hydrogen-bond acceptors (Lipinski definition) is 5. The summed E-state index contributed by atoms with van der Waals surface area (Å²) in [4.78, 5) is 20.2. The van der Waals surface area contributed by atoms with Crippen molar-refractivity contribution in [2.75, 3.05) is 10.6 Å². The molecule has 6 heteroatoms. The fourth-order valence-corrected chi connectivity index (χ4v) is 3.02. The van der Waals surface area contributed by atoms with Gasteiger partial charge < -0.3 is 16.4 Å². The maximum Gasteiger partial charge on any atom is 0.254 e. The highest BCUT2D eigenvalue weighted by atomic mass is 16.1.